The molecule has 0 spiro atoms. The smallest absolute Gasteiger partial charge is 0.237 e. The van der Waals surface area contributed by atoms with Gasteiger partial charge in [0.2, 0.25) is 5.91 Å². The first-order valence-corrected chi connectivity index (χ1v) is 6.99. The Kier molecular flexibility index (Phi) is 5.32. The molecule has 1 aromatic carbocycles. The quantitative estimate of drug-likeness (QED) is 0.813. The van der Waals surface area contributed by atoms with Gasteiger partial charge in [-0.2, -0.15) is 0 Å². The molecule has 1 fully saturated rings. The number of likely N-dealkylation sites (tertiary alicyclic amines) is 1. The number of carbonyl (C=O) groups is 1. The third kappa shape index (κ3) is 3.81. The van der Waals surface area contributed by atoms with Gasteiger partial charge in [0.1, 0.15) is 12.4 Å². The van der Waals surface area contributed by atoms with Gasteiger partial charge in [0.15, 0.2) is 0 Å². The Morgan fingerprint density at radius 2 is 2.38 bits per heavy atom. The van der Waals surface area contributed by atoms with Crippen LogP contribution in [0.5, 0.6) is 0 Å². The maximum atomic E-state index is 14.1. The maximum absolute atomic E-state index is 14.1. The summed E-state index contributed by atoms with van der Waals surface area (Å²) in [5.41, 5.74) is 1.09. The van der Waals surface area contributed by atoms with Gasteiger partial charge >= 0.3 is 0 Å². The van der Waals surface area contributed by atoms with Gasteiger partial charge in [-0.15, -0.1) is 0 Å². The summed E-state index contributed by atoms with van der Waals surface area (Å²) in [4.78, 5) is 13.8. The van der Waals surface area contributed by atoms with Crippen LogP contribution in [0, 0.1) is 17.7 Å². The molecule has 0 aliphatic carbocycles. The van der Waals surface area contributed by atoms with Gasteiger partial charge in [0, 0.05) is 24.7 Å². The van der Waals surface area contributed by atoms with Crippen molar-refractivity contribution in [3.8, 4) is 11.8 Å². The average Bonchev–Trinajstić information content (AvgIpc) is 2.95. The number of likely N-dealkylation sites (N-methyl/N-ethyl adjacent to an activating group) is 1. The van der Waals surface area contributed by atoms with E-state index >= 15 is 0 Å². The molecule has 1 amide bonds. The summed E-state index contributed by atoms with van der Waals surface area (Å²) in [6, 6.07) is 4.61. The summed E-state index contributed by atoms with van der Waals surface area (Å²) >= 11 is 0. The van der Waals surface area contributed by atoms with Crippen molar-refractivity contribution in [3.05, 3.63) is 35.1 Å². The third-order valence-electron chi connectivity index (χ3n) is 3.65. The molecule has 21 heavy (non-hydrogen) atoms. The van der Waals surface area contributed by atoms with Crippen molar-refractivity contribution in [1.29, 1.82) is 0 Å². The fraction of sp³-hybridized carbons (Fsp3) is 0.438. The predicted molar refractivity (Wildman–Crippen MR) is 77.9 cm³/mol. The second kappa shape index (κ2) is 7.21. The van der Waals surface area contributed by atoms with E-state index in [0.29, 0.717) is 17.7 Å². The zero-order valence-corrected chi connectivity index (χ0v) is 12.0. The van der Waals surface area contributed by atoms with Crippen LogP contribution in [-0.4, -0.2) is 42.2 Å². The van der Waals surface area contributed by atoms with Crippen molar-refractivity contribution in [2.75, 3.05) is 20.2 Å². The predicted octanol–water partition coefficient (Wildman–Crippen LogP) is 0.880. The molecule has 1 aliphatic heterocycles. The highest BCUT2D eigenvalue weighted by Crippen LogP contribution is 2.21. The van der Waals surface area contributed by atoms with Crippen LogP contribution in [0.3, 0.4) is 0 Å². The first kappa shape index (κ1) is 15.5. The molecular formula is C16H19FN2O2. The fourth-order valence-corrected chi connectivity index (χ4v) is 2.59. The van der Waals surface area contributed by atoms with Crippen LogP contribution in [0.4, 0.5) is 4.39 Å². The maximum Gasteiger partial charge on any atom is 0.237 e. The van der Waals surface area contributed by atoms with Crippen molar-refractivity contribution in [3.63, 3.8) is 0 Å². The summed E-state index contributed by atoms with van der Waals surface area (Å²) in [7, 11) is 1.62. The Morgan fingerprint density at radius 1 is 1.57 bits per heavy atom. The number of aliphatic hydroxyl groups is 1. The second-order valence-corrected chi connectivity index (χ2v) is 5.01. The number of halogens is 1. The number of amides is 1. The molecule has 112 valence electrons. The van der Waals surface area contributed by atoms with E-state index in [1.807, 2.05) is 4.90 Å². The molecule has 0 saturated carbocycles. The number of hydrogen-bond donors (Lipinski definition) is 2. The van der Waals surface area contributed by atoms with E-state index in [1.165, 1.54) is 6.07 Å². The Labute approximate surface area is 124 Å². The number of benzene rings is 1. The van der Waals surface area contributed by atoms with Crippen LogP contribution in [0.1, 0.15) is 24.0 Å². The van der Waals surface area contributed by atoms with Gasteiger partial charge in [-0.05, 0) is 31.5 Å². The van der Waals surface area contributed by atoms with E-state index in [9.17, 15) is 9.18 Å². The van der Waals surface area contributed by atoms with E-state index in [4.69, 9.17) is 5.11 Å². The Hall–Kier alpha value is -1.90. The van der Waals surface area contributed by atoms with E-state index in [2.05, 4.69) is 17.2 Å². The van der Waals surface area contributed by atoms with Crippen LogP contribution < -0.4 is 5.32 Å². The molecule has 2 N–H and O–H groups in total. The second-order valence-electron chi connectivity index (χ2n) is 5.01. The number of aliphatic hydroxyl groups excluding tert-OH is 1. The normalized spacial score (nSPS) is 18.1. The Balaban J connectivity index is 2.10. The Morgan fingerprint density at radius 3 is 3.05 bits per heavy atom. The Bertz CT molecular complexity index is 577. The minimum Gasteiger partial charge on any atom is -0.384 e. The number of hydrogen-bond acceptors (Lipinski definition) is 3. The lowest BCUT2D eigenvalue weighted by Crippen LogP contribution is -2.41. The number of nitrogens with one attached hydrogen (secondary N) is 1. The third-order valence-corrected chi connectivity index (χ3v) is 3.65. The van der Waals surface area contributed by atoms with E-state index in [-0.39, 0.29) is 24.4 Å². The van der Waals surface area contributed by atoms with Gasteiger partial charge in [-0.1, -0.05) is 17.9 Å². The largest absolute Gasteiger partial charge is 0.384 e. The van der Waals surface area contributed by atoms with Crippen LogP contribution >= 0.6 is 0 Å². The molecule has 0 bridgehead atoms. The molecule has 1 aliphatic rings. The van der Waals surface area contributed by atoms with Gasteiger partial charge < -0.3 is 10.4 Å². The lowest BCUT2D eigenvalue weighted by atomic mass is 10.1. The van der Waals surface area contributed by atoms with Crippen LogP contribution in [0.2, 0.25) is 0 Å². The molecule has 2 rings (SSSR count). The minimum atomic E-state index is -0.331. The zero-order valence-electron chi connectivity index (χ0n) is 12.0. The average molecular weight is 290 g/mol. The van der Waals surface area contributed by atoms with Gasteiger partial charge in [0.25, 0.3) is 0 Å². The van der Waals surface area contributed by atoms with E-state index in [0.717, 1.165) is 19.4 Å². The summed E-state index contributed by atoms with van der Waals surface area (Å²) in [5.74, 6) is 4.82. The molecule has 1 atom stereocenters. The molecule has 0 aromatic heterocycles. The minimum absolute atomic E-state index is 0.0154. The summed E-state index contributed by atoms with van der Waals surface area (Å²) in [6.45, 7) is 0.964. The first-order valence-electron chi connectivity index (χ1n) is 6.99. The van der Waals surface area contributed by atoms with Gasteiger partial charge in [-0.25, -0.2) is 4.39 Å². The van der Waals surface area contributed by atoms with Crippen molar-refractivity contribution in [2.24, 2.45) is 0 Å². The molecule has 0 radical (unpaired) electrons. The van der Waals surface area contributed by atoms with Crippen LogP contribution in [-0.2, 0) is 11.3 Å². The van der Waals surface area contributed by atoms with Crippen LogP contribution in [0.15, 0.2) is 18.2 Å². The van der Waals surface area contributed by atoms with Gasteiger partial charge in [-0.3, -0.25) is 9.69 Å². The molecular weight excluding hydrogens is 271 g/mol. The molecule has 5 heteroatoms. The molecule has 1 saturated heterocycles. The summed E-state index contributed by atoms with van der Waals surface area (Å²) in [5, 5.41) is 11.3. The van der Waals surface area contributed by atoms with Crippen LogP contribution in [0.25, 0.3) is 0 Å². The number of nitrogens with zero attached hydrogens (tertiary/aromatic N) is 1. The molecule has 4 nitrogen and oxygen atoms in total. The molecule has 1 unspecified atom stereocenters. The van der Waals surface area contributed by atoms with Crippen molar-refractivity contribution >= 4 is 5.91 Å². The van der Waals surface area contributed by atoms with Crippen molar-refractivity contribution < 1.29 is 14.3 Å². The topological polar surface area (TPSA) is 52.6 Å². The SMILES string of the molecule is CNC(=O)C1CCCN1Cc1ccc(C#CCO)cc1F. The fourth-order valence-electron chi connectivity index (χ4n) is 2.59. The number of carbonyl (C=O) groups excluding carboxylic acids is 1. The standard InChI is InChI=1S/C16H19FN2O2/c1-18-16(21)15-5-2-8-19(15)11-13-7-6-12(4-3-9-20)10-14(13)17/h6-7,10,15,20H,2,5,8-9,11H2,1H3,(H,18,21). The van der Waals surface area contributed by atoms with Crippen molar-refractivity contribution in [1.82, 2.24) is 10.2 Å². The zero-order chi connectivity index (χ0) is 15.2. The highest BCUT2D eigenvalue weighted by atomic mass is 19.1. The first-order chi connectivity index (χ1) is 10.2. The van der Waals surface area contributed by atoms with E-state index in [1.54, 1.807) is 19.2 Å². The lowest BCUT2D eigenvalue weighted by molar-refractivity contribution is -0.125. The van der Waals surface area contributed by atoms with Crippen molar-refractivity contribution in [2.45, 2.75) is 25.4 Å². The molecule has 1 aromatic rings. The molecule has 1 heterocycles. The number of rotatable bonds is 3. The van der Waals surface area contributed by atoms with Gasteiger partial charge in [0.05, 0.1) is 6.04 Å². The highest BCUT2D eigenvalue weighted by Gasteiger charge is 2.30. The lowest BCUT2D eigenvalue weighted by Gasteiger charge is -2.23. The summed E-state index contributed by atoms with van der Waals surface area (Å²) < 4.78 is 14.1. The summed E-state index contributed by atoms with van der Waals surface area (Å²) in [6.07, 6.45) is 1.75. The highest BCUT2D eigenvalue weighted by molar-refractivity contribution is 5.81. The monoisotopic (exact) mass is 290 g/mol. The van der Waals surface area contributed by atoms with E-state index < -0.39 is 0 Å².